The van der Waals surface area contributed by atoms with Gasteiger partial charge >= 0.3 is 0 Å². The number of terminal acetylenes is 1. The van der Waals surface area contributed by atoms with Crippen LogP contribution < -0.4 is 25.8 Å². The second kappa shape index (κ2) is 19.0. The zero-order chi connectivity index (χ0) is 46.8. The number of hydrogen-bond acceptors (Lipinski definition) is 12. The lowest BCUT2D eigenvalue weighted by atomic mass is 9.77. The van der Waals surface area contributed by atoms with Crippen LogP contribution in [0.4, 0.5) is 17.5 Å². The second-order valence-electron chi connectivity index (χ2n) is 19.4. The number of hydrogen-bond donors (Lipinski definition) is 5. The highest BCUT2D eigenvalue weighted by molar-refractivity contribution is 5.93. The third kappa shape index (κ3) is 9.76. The van der Waals surface area contributed by atoms with Gasteiger partial charge < -0.3 is 40.9 Å². The lowest BCUT2D eigenvalue weighted by Crippen LogP contribution is -2.58. The minimum Gasteiger partial charge on any atom is -0.507 e. The van der Waals surface area contributed by atoms with Gasteiger partial charge in [0.15, 0.2) is 5.82 Å². The molecule has 3 aromatic carbocycles. The van der Waals surface area contributed by atoms with Crippen LogP contribution in [-0.4, -0.2) is 110 Å². The lowest BCUT2D eigenvalue weighted by Gasteiger charge is -2.45. The lowest BCUT2D eigenvalue weighted by molar-refractivity contribution is -0.144. The fourth-order valence-electron chi connectivity index (χ4n) is 9.97. The summed E-state index contributed by atoms with van der Waals surface area (Å²) in [5.74, 6) is 3.38. The molecule has 67 heavy (non-hydrogen) atoms. The molecule has 1 aliphatic carbocycles. The number of fused-ring (bicyclic) bond motifs is 3. The number of likely N-dealkylation sites (tertiary alicyclic amines) is 1. The Kier molecular flexibility index (Phi) is 12.8. The van der Waals surface area contributed by atoms with E-state index in [1.54, 1.807) is 24.3 Å². The Balaban J connectivity index is 0.768. The van der Waals surface area contributed by atoms with Gasteiger partial charge in [-0.05, 0) is 84.0 Å². The molecule has 5 N–H and O–H groups in total. The van der Waals surface area contributed by atoms with Crippen molar-refractivity contribution in [3.8, 4) is 40.5 Å². The molecule has 2 aromatic heterocycles. The molecule has 15 nitrogen and oxygen atoms in total. The van der Waals surface area contributed by atoms with Crippen LogP contribution in [0.15, 0.2) is 91.3 Å². The molecule has 5 heterocycles. The average molecular weight is 903 g/mol. The number of para-hydroxylation sites is 1. The molecule has 3 aliphatic heterocycles. The standard InChI is InChI=1S/C52H58N10O5/c1-5-32-10-12-33(13-11-32)26-54-49(66)44-24-40(63)31-62(44)50(67)46(52(2,3)4)57-48(65)37-20-18-35(19-21-37)34-14-16-36(17-15-34)38-27-55-51(56-28-38)60-22-23-61-39(30-60)29-53-47-43(61)25-42(58-59-47)41-8-6-7-9-45(41)64/h1,6-17,25,27-28,35,37,39-40,44,46,63-64H,18-24,26,29-31H2,2-4H3,(H,53,59)(H,54,66)(H,57,65)/t35?,37?,39-,40+,44-,46+/m0/s1. The molecule has 15 heteroatoms. The van der Waals surface area contributed by atoms with Gasteiger partial charge in [0.1, 0.15) is 17.8 Å². The van der Waals surface area contributed by atoms with Crippen molar-refractivity contribution in [2.45, 2.75) is 89.6 Å². The van der Waals surface area contributed by atoms with E-state index >= 15 is 0 Å². The van der Waals surface area contributed by atoms with Gasteiger partial charge in [-0.3, -0.25) is 14.4 Å². The summed E-state index contributed by atoms with van der Waals surface area (Å²) in [5, 5.41) is 39.3. The number of benzene rings is 3. The summed E-state index contributed by atoms with van der Waals surface area (Å²) in [4.78, 5) is 57.0. The summed E-state index contributed by atoms with van der Waals surface area (Å²) in [7, 11) is 0. The van der Waals surface area contributed by atoms with Crippen LogP contribution in [-0.2, 0) is 20.9 Å². The van der Waals surface area contributed by atoms with E-state index < -0.39 is 23.6 Å². The van der Waals surface area contributed by atoms with E-state index in [4.69, 9.17) is 16.4 Å². The van der Waals surface area contributed by atoms with Crippen LogP contribution in [0.1, 0.15) is 75.5 Å². The number of aliphatic hydroxyl groups excluding tert-OH is 1. The SMILES string of the molecule is C#Cc1ccc(CNC(=O)[C@@H]2C[C@@H](O)CN2C(=O)[C@@H](NC(=O)C2CCC(c3ccc(-c4cnc(N5CCN6c7cc(-c8ccccc8O)nnc7NC[C@H]6C5)nc4)cc3)CC2)C(C)(C)C)cc1. The van der Waals surface area contributed by atoms with Gasteiger partial charge in [0, 0.05) is 80.7 Å². The van der Waals surface area contributed by atoms with Crippen molar-refractivity contribution in [2.24, 2.45) is 11.3 Å². The predicted molar refractivity (Wildman–Crippen MR) is 257 cm³/mol. The van der Waals surface area contributed by atoms with Gasteiger partial charge in [-0.1, -0.05) is 75.2 Å². The molecule has 4 aliphatic rings. The first-order valence-corrected chi connectivity index (χ1v) is 23.3. The van der Waals surface area contributed by atoms with Crippen molar-refractivity contribution < 1.29 is 24.6 Å². The molecular formula is C52H58N10O5. The summed E-state index contributed by atoms with van der Waals surface area (Å²) in [6, 6.07) is 23.5. The van der Waals surface area contributed by atoms with Gasteiger partial charge in [0.2, 0.25) is 23.7 Å². The minimum absolute atomic E-state index is 0.0211. The number of piperazine rings is 1. The Morgan fingerprint density at radius 1 is 0.896 bits per heavy atom. The number of nitrogens with one attached hydrogen (secondary N) is 3. The van der Waals surface area contributed by atoms with Crippen LogP contribution in [0, 0.1) is 23.7 Å². The number of rotatable bonds is 10. The molecule has 346 valence electrons. The molecule has 0 unspecified atom stereocenters. The predicted octanol–water partition coefficient (Wildman–Crippen LogP) is 5.49. The Morgan fingerprint density at radius 3 is 2.33 bits per heavy atom. The fourth-order valence-corrected chi connectivity index (χ4v) is 9.97. The van der Waals surface area contributed by atoms with Crippen LogP contribution in [0.2, 0.25) is 0 Å². The van der Waals surface area contributed by atoms with Gasteiger partial charge in [0.05, 0.1) is 23.5 Å². The molecule has 1 saturated carbocycles. The molecule has 0 spiro atoms. The van der Waals surface area contributed by atoms with E-state index in [0.29, 0.717) is 42.5 Å². The number of carbonyl (C=O) groups excluding carboxylic acids is 3. The monoisotopic (exact) mass is 902 g/mol. The number of anilines is 3. The molecule has 2 saturated heterocycles. The van der Waals surface area contributed by atoms with Crippen molar-refractivity contribution in [1.82, 2.24) is 35.7 Å². The largest absolute Gasteiger partial charge is 0.507 e. The second-order valence-corrected chi connectivity index (χ2v) is 19.4. The molecule has 3 amide bonds. The van der Waals surface area contributed by atoms with E-state index in [1.165, 1.54) is 10.5 Å². The van der Waals surface area contributed by atoms with Gasteiger partial charge in [-0.25, -0.2) is 9.97 Å². The summed E-state index contributed by atoms with van der Waals surface area (Å²) in [6.07, 6.45) is 11.6. The normalized spacial score (nSPS) is 21.8. The molecule has 5 aromatic rings. The Hall–Kier alpha value is -7.05. The van der Waals surface area contributed by atoms with Gasteiger partial charge in [0.25, 0.3) is 0 Å². The first-order valence-electron chi connectivity index (χ1n) is 23.3. The van der Waals surface area contributed by atoms with Crippen LogP contribution in [0.3, 0.4) is 0 Å². The quantitative estimate of drug-likeness (QED) is 0.111. The summed E-state index contributed by atoms with van der Waals surface area (Å²) >= 11 is 0. The average Bonchev–Trinajstić information content (AvgIpc) is 3.76. The van der Waals surface area contributed by atoms with E-state index in [0.717, 1.165) is 66.2 Å². The first-order chi connectivity index (χ1) is 32.3. The highest BCUT2D eigenvalue weighted by atomic mass is 16.3. The van der Waals surface area contributed by atoms with E-state index in [-0.39, 0.29) is 54.9 Å². The van der Waals surface area contributed by atoms with Crippen molar-refractivity contribution >= 4 is 35.2 Å². The molecule has 0 bridgehead atoms. The fraction of sp³-hybridized carbons (Fsp3) is 0.404. The summed E-state index contributed by atoms with van der Waals surface area (Å²) < 4.78 is 0. The topological polar surface area (TPSA) is 189 Å². The summed E-state index contributed by atoms with van der Waals surface area (Å²) in [5.41, 5.74) is 6.40. The highest BCUT2D eigenvalue weighted by Crippen LogP contribution is 2.39. The smallest absolute Gasteiger partial charge is 0.246 e. The van der Waals surface area contributed by atoms with Crippen LogP contribution in [0.25, 0.3) is 22.4 Å². The number of aliphatic hydroxyl groups is 1. The number of β-amino-alcohol motifs (C(OH)–C–C–N with tert-alkyl or cyclic N) is 1. The highest BCUT2D eigenvalue weighted by Gasteiger charge is 2.45. The van der Waals surface area contributed by atoms with E-state index in [9.17, 15) is 24.6 Å². The molecule has 4 atom stereocenters. The van der Waals surface area contributed by atoms with Crippen molar-refractivity contribution in [1.29, 1.82) is 0 Å². The van der Waals surface area contributed by atoms with Crippen LogP contribution in [0.5, 0.6) is 5.75 Å². The molecule has 9 rings (SSSR count). The van der Waals surface area contributed by atoms with Gasteiger partial charge in [-0.2, -0.15) is 0 Å². The zero-order valence-corrected chi connectivity index (χ0v) is 38.2. The molecule has 3 fully saturated rings. The zero-order valence-electron chi connectivity index (χ0n) is 38.2. The Labute approximate surface area is 391 Å². The van der Waals surface area contributed by atoms with E-state index in [2.05, 4.69) is 66.1 Å². The van der Waals surface area contributed by atoms with Crippen LogP contribution >= 0.6 is 0 Å². The third-order valence-corrected chi connectivity index (χ3v) is 13.8. The maximum atomic E-state index is 14.2. The first kappa shape index (κ1) is 45.1. The maximum absolute atomic E-state index is 14.2. The summed E-state index contributed by atoms with van der Waals surface area (Å²) in [6.45, 7) is 8.95. The maximum Gasteiger partial charge on any atom is 0.246 e. The Bertz CT molecular complexity index is 2640. The number of aromatic hydroxyl groups is 1. The van der Waals surface area contributed by atoms with Crippen molar-refractivity contribution in [2.75, 3.05) is 47.8 Å². The number of carbonyl (C=O) groups is 3. The van der Waals surface area contributed by atoms with Crippen molar-refractivity contribution in [3.63, 3.8) is 0 Å². The van der Waals surface area contributed by atoms with Gasteiger partial charge in [-0.15, -0.1) is 16.6 Å². The number of nitrogens with zero attached hydrogens (tertiary/aromatic N) is 7. The number of phenolic OH excluding ortho intramolecular Hbond substituents is 1. The minimum atomic E-state index is -0.875. The van der Waals surface area contributed by atoms with E-state index in [1.807, 2.05) is 63.5 Å². The van der Waals surface area contributed by atoms with Crippen molar-refractivity contribution in [3.05, 3.63) is 108 Å². The number of aromatic nitrogens is 4. The molecular weight excluding hydrogens is 845 g/mol. The number of phenols is 1. The Morgan fingerprint density at radius 2 is 1.63 bits per heavy atom. The third-order valence-electron chi connectivity index (χ3n) is 13.8. The number of amides is 3. The molecule has 0 radical (unpaired) electrons.